The summed E-state index contributed by atoms with van der Waals surface area (Å²) >= 11 is 0. The number of benzene rings is 1. The van der Waals surface area contributed by atoms with E-state index in [0.717, 1.165) is 0 Å². The summed E-state index contributed by atoms with van der Waals surface area (Å²) in [5.74, 6) is 0. The first-order chi connectivity index (χ1) is 7.54. The van der Waals surface area contributed by atoms with Crippen LogP contribution in [0.2, 0.25) is 0 Å². The highest BCUT2D eigenvalue weighted by Crippen LogP contribution is 2.15. The van der Waals surface area contributed by atoms with Gasteiger partial charge in [-0.1, -0.05) is 23.8 Å². The zero-order valence-corrected chi connectivity index (χ0v) is 10.9. The lowest BCUT2D eigenvalue weighted by molar-refractivity contribution is 0.696. The van der Waals surface area contributed by atoms with E-state index in [0.29, 0.717) is 6.04 Å². The zero-order valence-electron chi connectivity index (χ0n) is 10.9. The molecule has 0 amide bonds. The van der Waals surface area contributed by atoms with Gasteiger partial charge in [0.1, 0.15) is 0 Å². The van der Waals surface area contributed by atoms with Gasteiger partial charge in [0.25, 0.3) is 0 Å². The smallest absolute Gasteiger partial charge is 0.0361 e. The summed E-state index contributed by atoms with van der Waals surface area (Å²) in [5, 5.41) is 3.24. The SMILES string of the molecule is CNC(C)/C(C)=C/c1ccc(N(C)C)cc1. The molecule has 0 aliphatic rings. The molecule has 1 unspecified atom stereocenters. The van der Waals surface area contributed by atoms with Crippen LogP contribution in [0.4, 0.5) is 5.69 Å². The van der Waals surface area contributed by atoms with Crippen molar-refractivity contribution in [1.29, 1.82) is 0 Å². The number of hydrogen-bond donors (Lipinski definition) is 1. The van der Waals surface area contributed by atoms with Crippen LogP contribution in [-0.2, 0) is 0 Å². The Bertz CT molecular complexity index is 350. The van der Waals surface area contributed by atoms with Gasteiger partial charge in [-0.3, -0.25) is 0 Å². The van der Waals surface area contributed by atoms with Gasteiger partial charge in [0.2, 0.25) is 0 Å². The Labute approximate surface area is 99.0 Å². The molecule has 0 saturated carbocycles. The van der Waals surface area contributed by atoms with E-state index in [2.05, 4.69) is 68.5 Å². The highest BCUT2D eigenvalue weighted by Gasteiger charge is 2.00. The van der Waals surface area contributed by atoms with Crippen molar-refractivity contribution >= 4 is 11.8 Å². The Kier molecular flexibility index (Phi) is 4.56. The topological polar surface area (TPSA) is 15.3 Å². The van der Waals surface area contributed by atoms with Crippen molar-refractivity contribution < 1.29 is 0 Å². The average Bonchev–Trinajstić information content (AvgIpc) is 2.28. The van der Waals surface area contributed by atoms with Crippen molar-refractivity contribution in [1.82, 2.24) is 5.32 Å². The average molecular weight is 218 g/mol. The minimum atomic E-state index is 0.425. The molecule has 0 aliphatic carbocycles. The summed E-state index contributed by atoms with van der Waals surface area (Å²) in [6, 6.07) is 9.02. The first kappa shape index (κ1) is 12.8. The third kappa shape index (κ3) is 3.38. The van der Waals surface area contributed by atoms with E-state index in [1.807, 2.05) is 7.05 Å². The standard InChI is InChI=1S/C14H22N2/c1-11(12(2)15-3)10-13-6-8-14(9-7-13)16(4)5/h6-10,12,15H,1-5H3/b11-10+. The molecule has 0 fully saturated rings. The minimum absolute atomic E-state index is 0.425. The Morgan fingerprint density at radius 3 is 2.25 bits per heavy atom. The predicted molar refractivity (Wildman–Crippen MR) is 72.9 cm³/mol. The molecule has 0 aromatic heterocycles. The van der Waals surface area contributed by atoms with Crippen LogP contribution in [0.5, 0.6) is 0 Å². The quantitative estimate of drug-likeness (QED) is 0.836. The van der Waals surface area contributed by atoms with Gasteiger partial charge in [-0.25, -0.2) is 0 Å². The van der Waals surface area contributed by atoms with Crippen LogP contribution < -0.4 is 10.2 Å². The molecule has 1 atom stereocenters. The van der Waals surface area contributed by atoms with Crippen molar-refractivity contribution in [2.24, 2.45) is 0 Å². The Morgan fingerprint density at radius 1 is 1.25 bits per heavy atom. The second-order valence-corrected chi connectivity index (χ2v) is 4.38. The molecule has 0 radical (unpaired) electrons. The fourth-order valence-corrected chi connectivity index (χ4v) is 1.48. The Balaban J connectivity index is 2.82. The fraction of sp³-hybridized carbons (Fsp3) is 0.429. The first-order valence-corrected chi connectivity index (χ1v) is 5.67. The second kappa shape index (κ2) is 5.71. The molecule has 0 spiro atoms. The predicted octanol–water partition coefficient (Wildman–Crippen LogP) is 2.76. The lowest BCUT2D eigenvalue weighted by Crippen LogP contribution is -2.21. The highest BCUT2D eigenvalue weighted by atomic mass is 15.1. The maximum atomic E-state index is 3.24. The van der Waals surface area contributed by atoms with Crippen molar-refractivity contribution in [2.45, 2.75) is 19.9 Å². The lowest BCUT2D eigenvalue weighted by Gasteiger charge is -2.13. The molecule has 0 aliphatic heterocycles. The number of hydrogen-bond acceptors (Lipinski definition) is 2. The van der Waals surface area contributed by atoms with Gasteiger partial charge < -0.3 is 10.2 Å². The van der Waals surface area contributed by atoms with Crippen molar-refractivity contribution in [3.63, 3.8) is 0 Å². The van der Waals surface area contributed by atoms with Crippen LogP contribution in [-0.4, -0.2) is 27.2 Å². The molecule has 1 aromatic rings. The summed E-state index contributed by atoms with van der Waals surface area (Å²) in [4.78, 5) is 2.11. The second-order valence-electron chi connectivity index (χ2n) is 4.38. The van der Waals surface area contributed by atoms with E-state index >= 15 is 0 Å². The summed E-state index contributed by atoms with van der Waals surface area (Å²) in [5.41, 5.74) is 3.83. The van der Waals surface area contributed by atoms with Crippen LogP contribution in [0.1, 0.15) is 19.4 Å². The number of nitrogens with one attached hydrogen (secondary N) is 1. The molecule has 1 rings (SSSR count). The van der Waals surface area contributed by atoms with Crippen molar-refractivity contribution in [2.75, 3.05) is 26.0 Å². The van der Waals surface area contributed by atoms with Gasteiger partial charge in [0, 0.05) is 25.8 Å². The summed E-state index contributed by atoms with van der Waals surface area (Å²) in [6.07, 6.45) is 2.22. The van der Waals surface area contributed by atoms with Crippen molar-refractivity contribution in [3.8, 4) is 0 Å². The Hall–Kier alpha value is -1.28. The maximum Gasteiger partial charge on any atom is 0.0361 e. The van der Waals surface area contributed by atoms with Crippen molar-refractivity contribution in [3.05, 3.63) is 35.4 Å². The molecule has 88 valence electrons. The maximum absolute atomic E-state index is 3.24. The molecule has 1 N–H and O–H groups in total. The van der Waals surface area contributed by atoms with Crippen LogP contribution in [0.3, 0.4) is 0 Å². The molecular weight excluding hydrogens is 196 g/mol. The van der Waals surface area contributed by atoms with Gasteiger partial charge in [-0.2, -0.15) is 0 Å². The van der Waals surface area contributed by atoms with Gasteiger partial charge in [-0.05, 0) is 38.6 Å². The fourth-order valence-electron chi connectivity index (χ4n) is 1.48. The molecule has 0 heterocycles. The Morgan fingerprint density at radius 2 is 1.81 bits per heavy atom. The van der Waals surface area contributed by atoms with Crippen LogP contribution >= 0.6 is 0 Å². The van der Waals surface area contributed by atoms with Gasteiger partial charge in [0.05, 0.1) is 0 Å². The zero-order chi connectivity index (χ0) is 12.1. The van der Waals surface area contributed by atoms with Crippen LogP contribution in [0.15, 0.2) is 29.8 Å². The third-order valence-corrected chi connectivity index (χ3v) is 2.92. The molecule has 0 saturated heterocycles. The molecule has 2 nitrogen and oxygen atoms in total. The van der Waals surface area contributed by atoms with Crippen LogP contribution in [0.25, 0.3) is 6.08 Å². The highest BCUT2D eigenvalue weighted by molar-refractivity contribution is 5.57. The monoisotopic (exact) mass is 218 g/mol. The first-order valence-electron chi connectivity index (χ1n) is 5.67. The normalized spacial score (nSPS) is 13.7. The summed E-state index contributed by atoms with van der Waals surface area (Å²) in [6.45, 7) is 4.32. The molecule has 1 aromatic carbocycles. The van der Waals surface area contributed by atoms with E-state index in [4.69, 9.17) is 0 Å². The lowest BCUT2D eigenvalue weighted by atomic mass is 10.1. The molecular formula is C14H22N2. The van der Waals surface area contributed by atoms with Gasteiger partial charge in [0.15, 0.2) is 0 Å². The third-order valence-electron chi connectivity index (χ3n) is 2.92. The van der Waals surface area contributed by atoms with Crippen LogP contribution in [0, 0.1) is 0 Å². The number of anilines is 1. The van der Waals surface area contributed by atoms with Gasteiger partial charge in [-0.15, -0.1) is 0 Å². The summed E-state index contributed by atoms with van der Waals surface area (Å²) < 4.78 is 0. The molecule has 2 heteroatoms. The van der Waals surface area contributed by atoms with E-state index in [9.17, 15) is 0 Å². The van der Waals surface area contributed by atoms with E-state index < -0.39 is 0 Å². The van der Waals surface area contributed by atoms with E-state index in [-0.39, 0.29) is 0 Å². The number of likely N-dealkylation sites (N-methyl/N-ethyl adjacent to an activating group) is 1. The molecule has 0 bridgehead atoms. The van der Waals surface area contributed by atoms with Gasteiger partial charge >= 0.3 is 0 Å². The molecule has 16 heavy (non-hydrogen) atoms. The number of nitrogens with zero attached hydrogens (tertiary/aromatic N) is 1. The van der Waals surface area contributed by atoms with E-state index in [1.54, 1.807) is 0 Å². The summed E-state index contributed by atoms with van der Waals surface area (Å²) in [7, 11) is 6.09. The van der Waals surface area contributed by atoms with E-state index in [1.165, 1.54) is 16.8 Å². The number of rotatable bonds is 4. The largest absolute Gasteiger partial charge is 0.378 e. The minimum Gasteiger partial charge on any atom is -0.378 e.